The number of rotatable bonds is 6. The largest absolute Gasteiger partial charge is 0.465 e. The lowest BCUT2D eigenvalue weighted by Gasteiger charge is -2.56. The lowest BCUT2D eigenvalue weighted by Crippen LogP contribution is -2.56. The predicted molar refractivity (Wildman–Crippen MR) is 121 cm³/mol. The lowest BCUT2D eigenvalue weighted by atomic mass is 9.48. The first kappa shape index (κ1) is 24.4. The summed E-state index contributed by atoms with van der Waals surface area (Å²) in [6, 6.07) is 0. The van der Waals surface area contributed by atoms with Crippen LogP contribution in [0, 0.1) is 40.4 Å². The summed E-state index contributed by atoms with van der Waals surface area (Å²) >= 11 is 0. The Morgan fingerprint density at radius 1 is 1.06 bits per heavy atom. The molecule has 0 aromatic carbocycles. The molecule has 32 heavy (non-hydrogen) atoms. The maximum atomic E-state index is 13.0. The Kier molecular flexibility index (Phi) is 6.74. The average molecular weight is 453 g/mol. The molecule has 6 nitrogen and oxygen atoms in total. The molecule has 0 aromatic rings. The molecule has 0 amide bonds. The molecular weight excluding hydrogens is 408 g/mol. The summed E-state index contributed by atoms with van der Waals surface area (Å²) in [4.78, 5) is 13.0. The molecule has 4 fully saturated rings. The van der Waals surface area contributed by atoms with Crippen LogP contribution in [0.3, 0.4) is 0 Å². The highest BCUT2D eigenvalue weighted by Crippen LogP contribution is 2.66. The van der Waals surface area contributed by atoms with Gasteiger partial charge in [0.2, 0.25) is 0 Å². The monoisotopic (exact) mass is 452 g/mol. The molecule has 0 unspecified atom stereocenters. The zero-order valence-electron chi connectivity index (χ0n) is 20.6. The zero-order chi connectivity index (χ0) is 23.3. The zero-order valence-corrected chi connectivity index (χ0v) is 20.6. The van der Waals surface area contributed by atoms with Crippen molar-refractivity contribution in [2.75, 3.05) is 26.4 Å². The fourth-order valence-corrected chi connectivity index (χ4v) is 8.67. The smallest absolute Gasteiger partial charge is 0.309 e. The number of aliphatic hydroxyl groups excluding tert-OH is 2. The first-order valence-electron chi connectivity index (χ1n) is 12.8. The van der Waals surface area contributed by atoms with E-state index in [1.807, 2.05) is 6.92 Å². The summed E-state index contributed by atoms with van der Waals surface area (Å²) in [7, 11) is 0. The molecule has 1 aliphatic heterocycles. The van der Waals surface area contributed by atoms with Gasteiger partial charge in [-0.1, -0.05) is 13.8 Å². The van der Waals surface area contributed by atoms with E-state index in [9.17, 15) is 15.0 Å². The van der Waals surface area contributed by atoms with Gasteiger partial charge in [-0.15, -0.1) is 0 Å². The van der Waals surface area contributed by atoms with Crippen molar-refractivity contribution in [3.05, 3.63) is 0 Å². The standard InChI is InChI=1S/C26H44O6/c1-6-30-15-26(5,32-7-2)22-9-8-17-16-14-31-23(29)19-12-20(27)21(28)13-25(19,4)18(16)10-11-24(17,22)3/h16-22,27-28H,6-15H2,1-5H3/t16-,17-,18-,19+,20-,21+,22-,24-,25+,26-/m0/s1. The fraction of sp³-hybridized carbons (Fsp3) is 0.962. The van der Waals surface area contributed by atoms with E-state index >= 15 is 0 Å². The minimum Gasteiger partial charge on any atom is -0.465 e. The molecule has 184 valence electrons. The molecule has 0 radical (unpaired) electrons. The van der Waals surface area contributed by atoms with Gasteiger partial charge in [-0.25, -0.2) is 0 Å². The molecular formula is C26H44O6. The molecule has 3 aliphatic carbocycles. The van der Waals surface area contributed by atoms with E-state index in [0.29, 0.717) is 57.0 Å². The quantitative estimate of drug-likeness (QED) is 0.600. The Balaban J connectivity index is 1.64. The molecule has 1 saturated heterocycles. The highest BCUT2D eigenvalue weighted by Gasteiger charge is 2.64. The van der Waals surface area contributed by atoms with E-state index in [1.54, 1.807) is 0 Å². The number of ether oxygens (including phenoxy) is 3. The van der Waals surface area contributed by atoms with Crippen LogP contribution in [0.2, 0.25) is 0 Å². The summed E-state index contributed by atoms with van der Waals surface area (Å²) in [5, 5.41) is 20.8. The van der Waals surface area contributed by atoms with Gasteiger partial charge in [0.05, 0.1) is 36.9 Å². The Morgan fingerprint density at radius 2 is 1.78 bits per heavy atom. The molecule has 0 bridgehead atoms. The Hall–Kier alpha value is -0.690. The molecule has 1 heterocycles. The second kappa shape index (κ2) is 8.83. The van der Waals surface area contributed by atoms with Gasteiger partial charge in [-0.05, 0) is 93.8 Å². The Labute approximate surface area is 193 Å². The van der Waals surface area contributed by atoms with E-state index in [2.05, 4.69) is 27.7 Å². The van der Waals surface area contributed by atoms with Gasteiger partial charge in [0.25, 0.3) is 0 Å². The molecule has 4 rings (SSSR count). The molecule has 6 heteroatoms. The van der Waals surface area contributed by atoms with Crippen LogP contribution in [0.1, 0.15) is 73.1 Å². The SMILES string of the molecule is CCOC[C@](C)(OCC)[C@H]1CC[C@H]2[C@@H]3COC(=O)[C@H]4C[C@H](O)[C@H](O)C[C@]4(C)[C@H]3CC[C@@]21C. The summed E-state index contributed by atoms with van der Waals surface area (Å²) in [5.74, 6) is 0.957. The minimum atomic E-state index is -0.840. The second-order valence-electron chi connectivity index (χ2n) is 11.7. The van der Waals surface area contributed by atoms with Crippen LogP contribution in [0.4, 0.5) is 0 Å². The highest BCUT2D eigenvalue weighted by molar-refractivity contribution is 5.74. The van der Waals surface area contributed by atoms with Crippen molar-refractivity contribution < 1.29 is 29.2 Å². The molecule has 0 spiro atoms. The van der Waals surface area contributed by atoms with E-state index in [4.69, 9.17) is 14.2 Å². The van der Waals surface area contributed by atoms with Gasteiger partial charge >= 0.3 is 5.97 Å². The van der Waals surface area contributed by atoms with Crippen LogP contribution < -0.4 is 0 Å². The van der Waals surface area contributed by atoms with Crippen LogP contribution in [-0.4, -0.2) is 60.4 Å². The number of aliphatic hydroxyl groups is 2. The van der Waals surface area contributed by atoms with Crippen LogP contribution >= 0.6 is 0 Å². The van der Waals surface area contributed by atoms with Crippen LogP contribution in [0.25, 0.3) is 0 Å². The summed E-state index contributed by atoms with van der Waals surface area (Å²) in [6.45, 7) is 13.3. The topological polar surface area (TPSA) is 85.2 Å². The maximum Gasteiger partial charge on any atom is 0.309 e. The molecule has 0 aromatic heterocycles. The second-order valence-corrected chi connectivity index (χ2v) is 11.7. The van der Waals surface area contributed by atoms with Crippen LogP contribution in [0.15, 0.2) is 0 Å². The van der Waals surface area contributed by atoms with Crippen LogP contribution in [0.5, 0.6) is 0 Å². The van der Waals surface area contributed by atoms with Gasteiger partial charge in [-0.2, -0.15) is 0 Å². The molecule has 4 aliphatic rings. The van der Waals surface area contributed by atoms with Crippen molar-refractivity contribution in [1.82, 2.24) is 0 Å². The molecule has 10 atom stereocenters. The number of cyclic esters (lactones) is 1. The van der Waals surface area contributed by atoms with Crippen molar-refractivity contribution in [3.8, 4) is 0 Å². The van der Waals surface area contributed by atoms with Gasteiger partial charge < -0.3 is 24.4 Å². The predicted octanol–water partition coefficient (Wildman–Crippen LogP) is 3.57. The van der Waals surface area contributed by atoms with E-state index in [1.165, 1.54) is 0 Å². The third-order valence-corrected chi connectivity index (χ3v) is 10.2. The average Bonchev–Trinajstić information content (AvgIpc) is 3.06. The molecule has 3 saturated carbocycles. The van der Waals surface area contributed by atoms with Crippen molar-refractivity contribution in [2.45, 2.75) is 91.0 Å². The first-order valence-corrected chi connectivity index (χ1v) is 12.8. The van der Waals surface area contributed by atoms with E-state index < -0.39 is 12.2 Å². The lowest BCUT2D eigenvalue weighted by molar-refractivity contribution is -0.166. The Bertz CT molecular complexity index is 698. The summed E-state index contributed by atoms with van der Waals surface area (Å²) in [5.41, 5.74) is -0.539. The fourth-order valence-electron chi connectivity index (χ4n) is 8.67. The maximum absolute atomic E-state index is 13.0. The highest BCUT2D eigenvalue weighted by atomic mass is 16.5. The van der Waals surface area contributed by atoms with Gasteiger partial charge in [0.1, 0.15) is 0 Å². The number of hydrogen-bond donors (Lipinski definition) is 2. The van der Waals surface area contributed by atoms with Crippen LogP contribution in [-0.2, 0) is 19.0 Å². The van der Waals surface area contributed by atoms with Gasteiger partial charge in [0, 0.05) is 13.2 Å². The van der Waals surface area contributed by atoms with Gasteiger partial charge in [-0.3, -0.25) is 4.79 Å². The van der Waals surface area contributed by atoms with Gasteiger partial charge in [0.15, 0.2) is 0 Å². The summed E-state index contributed by atoms with van der Waals surface area (Å²) in [6.07, 6.45) is 3.51. The third-order valence-electron chi connectivity index (χ3n) is 10.2. The van der Waals surface area contributed by atoms with Crippen molar-refractivity contribution >= 4 is 5.97 Å². The first-order chi connectivity index (χ1) is 15.1. The van der Waals surface area contributed by atoms with E-state index in [-0.39, 0.29) is 34.2 Å². The number of carbonyl (C=O) groups is 1. The van der Waals surface area contributed by atoms with Crippen molar-refractivity contribution in [2.24, 2.45) is 40.4 Å². The number of esters is 1. The number of carbonyl (C=O) groups excluding carboxylic acids is 1. The summed E-state index contributed by atoms with van der Waals surface area (Å²) < 4.78 is 18.1. The number of hydrogen-bond acceptors (Lipinski definition) is 6. The Morgan fingerprint density at radius 3 is 2.47 bits per heavy atom. The van der Waals surface area contributed by atoms with E-state index in [0.717, 1.165) is 25.7 Å². The molecule has 2 N–H and O–H groups in total. The van der Waals surface area contributed by atoms with Crippen molar-refractivity contribution in [1.29, 1.82) is 0 Å². The minimum absolute atomic E-state index is 0.109. The number of fused-ring (bicyclic) bond motifs is 5. The normalized spacial score (nSPS) is 48.1. The third kappa shape index (κ3) is 3.73. The van der Waals surface area contributed by atoms with Crippen molar-refractivity contribution in [3.63, 3.8) is 0 Å².